The summed E-state index contributed by atoms with van der Waals surface area (Å²) < 4.78 is 4.74. The lowest BCUT2D eigenvalue weighted by molar-refractivity contribution is 0.0607. The largest absolute Gasteiger partial charge is 0.465 e. The fourth-order valence-corrected chi connectivity index (χ4v) is 2.45. The van der Waals surface area contributed by atoms with Gasteiger partial charge in [0, 0.05) is 10.6 Å². The molecule has 0 N–H and O–H groups in total. The number of nitrogens with zero attached hydrogens (tertiary/aromatic N) is 1. The Morgan fingerprint density at radius 1 is 1.35 bits per heavy atom. The number of thiazole rings is 1. The van der Waals surface area contributed by atoms with Gasteiger partial charge in [-0.05, 0) is 19.1 Å². The Bertz CT molecular complexity index is 548. The van der Waals surface area contributed by atoms with E-state index in [2.05, 4.69) is 4.98 Å². The number of hydrogen-bond acceptors (Lipinski definition) is 4. The van der Waals surface area contributed by atoms with E-state index in [-0.39, 0.29) is 5.97 Å². The zero-order valence-corrected chi connectivity index (χ0v) is 10.9. The average Bonchev–Trinajstić information content (AvgIpc) is 2.71. The van der Waals surface area contributed by atoms with Crippen molar-refractivity contribution in [1.29, 1.82) is 0 Å². The maximum atomic E-state index is 11.6. The van der Waals surface area contributed by atoms with E-state index in [1.54, 1.807) is 12.1 Å². The maximum Gasteiger partial charge on any atom is 0.350 e. The minimum absolute atomic E-state index is 0.361. The van der Waals surface area contributed by atoms with E-state index in [4.69, 9.17) is 16.3 Å². The Hall–Kier alpha value is -1.39. The number of ether oxygens (including phenoxy) is 1. The summed E-state index contributed by atoms with van der Waals surface area (Å²) in [6.45, 7) is 1.86. The molecule has 1 aromatic heterocycles. The first kappa shape index (κ1) is 12.1. The number of carbonyl (C=O) groups is 1. The third kappa shape index (κ3) is 2.48. The van der Waals surface area contributed by atoms with Crippen molar-refractivity contribution in [2.24, 2.45) is 0 Å². The Morgan fingerprint density at radius 3 is 2.59 bits per heavy atom. The maximum absolute atomic E-state index is 11.6. The summed E-state index contributed by atoms with van der Waals surface area (Å²) in [6, 6.07) is 7.21. The van der Waals surface area contributed by atoms with Crippen molar-refractivity contribution in [2.45, 2.75) is 6.92 Å². The third-order valence-electron chi connectivity index (χ3n) is 2.22. The van der Waals surface area contributed by atoms with Crippen LogP contribution in [-0.2, 0) is 4.74 Å². The fourth-order valence-electron chi connectivity index (χ4n) is 1.46. The molecule has 0 spiro atoms. The van der Waals surface area contributed by atoms with Crippen LogP contribution in [-0.4, -0.2) is 18.1 Å². The molecule has 0 aliphatic heterocycles. The van der Waals surface area contributed by atoms with Gasteiger partial charge in [-0.15, -0.1) is 11.3 Å². The Kier molecular flexibility index (Phi) is 3.45. The molecule has 0 amide bonds. The van der Waals surface area contributed by atoms with Crippen LogP contribution in [0.4, 0.5) is 0 Å². The summed E-state index contributed by atoms with van der Waals surface area (Å²) in [5.74, 6) is -0.361. The van der Waals surface area contributed by atoms with Crippen molar-refractivity contribution < 1.29 is 9.53 Å². The van der Waals surface area contributed by atoms with Crippen molar-refractivity contribution in [3.8, 4) is 11.3 Å². The van der Waals surface area contributed by atoms with E-state index < -0.39 is 0 Å². The average molecular weight is 268 g/mol. The minimum Gasteiger partial charge on any atom is -0.465 e. The van der Waals surface area contributed by atoms with Gasteiger partial charge in [-0.25, -0.2) is 9.78 Å². The number of halogens is 1. The van der Waals surface area contributed by atoms with E-state index >= 15 is 0 Å². The lowest BCUT2D eigenvalue weighted by atomic mass is 10.1. The number of rotatable bonds is 2. The number of methoxy groups -OCH3 is 1. The number of aryl methyl sites for hydroxylation is 1. The highest BCUT2D eigenvalue weighted by Gasteiger charge is 2.18. The van der Waals surface area contributed by atoms with Crippen molar-refractivity contribution in [3.63, 3.8) is 0 Å². The van der Waals surface area contributed by atoms with Gasteiger partial charge in [0.15, 0.2) is 0 Å². The van der Waals surface area contributed by atoms with Crippen LogP contribution < -0.4 is 0 Å². The molecule has 0 saturated heterocycles. The quantitative estimate of drug-likeness (QED) is 0.781. The molecule has 0 bridgehead atoms. The van der Waals surface area contributed by atoms with Crippen LogP contribution >= 0.6 is 22.9 Å². The van der Waals surface area contributed by atoms with Crippen LogP contribution in [0.15, 0.2) is 24.3 Å². The Labute approximate surface area is 108 Å². The number of benzene rings is 1. The molecular weight excluding hydrogens is 258 g/mol. The number of hydrogen-bond donors (Lipinski definition) is 0. The second-order valence-electron chi connectivity index (χ2n) is 3.41. The van der Waals surface area contributed by atoms with E-state index in [0.29, 0.717) is 15.6 Å². The highest BCUT2D eigenvalue weighted by Crippen LogP contribution is 2.29. The monoisotopic (exact) mass is 267 g/mol. The first-order valence-corrected chi connectivity index (χ1v) is 6.13. The van der Waals surface area contributed by atoms with Crippen LogP contribution in [0.5, 0.6) is 0 Å². The number of aromatic nitrogens is 1. The first-order chi connectivity index (χ1) is 8.11. The summed E-state index contributed by atoms with van der Waals surface area (Å²) in [4.78, 5) is 16.5. The van der Waals surface area contributed by atoms with Gasteiger partial charge < -0.3 is 4.74 Å². The summed E-state index contributed by atoms with van der Waals surface area (Å²) in [5, 5.41) is 1.48. The molecule has 0 atom stereocenters. The molecule has 0 fully saturated rings. The molecule has 0 saturated carbocycles. The predicted molar refractivity (Wildman–Crippen MR) is 68.6 cm³/mol. The molecule has 1 heterocycles. The van der Waals surface area contributed by atoms with E-state index in [0.717, 1.165) is 10.6 Å². The molecule has 88 valence electrons. The second-order valence-corrected chi connectivity index (χ2v) is 5.05. The minimum atomic E-state index is -0.361. The van der Waals surface area contributed by atoms with Gasteiger partial charge in [0.05, 0.1) is 17.8 Å². The van der Waals surface area contributed by atoms with Crippen LogP contribution in [0, 0.1) is 6.92 Å². The lowest BCUT2D eigenvalue weighted by Crippen LogP contribution is -2.00. The van der Waals surface area contributed by atoms with Gasteiger partial charge in [0.1, 0.15) is 4.88 Å². The zero-order valence-electron chi connectivity index (χ0n) is 9.36. The Balaban J connectivity index is 2.51. The predicted octanol–water partition coefficient (Wildman–Crippen LogP) is 3.56. The van der Waals surface area contributed by atoms with Crippen molar-refractivity contribution >= 4 is 28.9 Å². The van der Waals surface area contributed by atoms with Crippen molar-refractivity contribution in [1.82, 2.24) is 4.98 Å². The van der Waals surface area contributed by atoms with E-state index in [9.17, 15) is 4.79 Å². The molecule has 0 unspecified atom stereocenters. The van der Waals surface area contributed by atoms with Crippen LogP contribution in [0.2, 0.25) is 5.02 Å². The zero-order chi connectivity index (χ0) is 12.4. The van der Waals surface area contributed by atoms with E-state index in [1.165, 1.54) is 18.4 Å². The summed E-state index contributed by atoms with van der Waals surface area (Å²) in [7, 11) is 1.36. The standard InChI is InChI=1S/C12H10ClNO2S/c1-7-14-10(11(17-7)12(15)16-2)8-3-5-9(13)6-4-8/h3-6H,1-2H3. The van der Waals surface area contributed by atoms with Crippen molar-refractivity contribution in [2.75, 3.05) is 7.11 Å². The molecule has 5 heteroatoms. The van der Waals surface area contributed by atoms with Crippen molar-refractivity contribution in [3.05, 3.63) is 39.2 Å². The molecule has 2 aromatic rings. The van der Waals surface area contributed by atoms with E-state index in [1.807, 2.05) is 19.1 Å². The highest BCUT2D eigenvalue weighted by atomic mass is 35.5. The molecule has 17 heavy (non-hydrogen) atoms. The molecule has 0 aliphatic rings. The van der Waals surface area contributed by atoms with Crippen LogP contribution in [0.1, 0.15) is 14.7 Å². The number of esters is 1. The first-order valence-electron chi connectivity index (χ1n) is 4.93. The van der Waals surface area contributed by atoms with Gasteiger partial charge in [0.2, 0.25) is 0 Å². The smallest absolute Gasteiger partial charge is 0.350 e. The van der Waals surface area contributed by atoms with Gasteiger partial charge in [0.25, 0.3) is 0 Å². The van der Waals surface area contributed by atoms with Gasteiger partial charge in [-0.2, -0.15) is 0 Å². The van der Waals surface area contributed by atoms with Gasteiger partial charge in [-0.3, -0.25) is 0 Å². The topological polar surface area (TPSA) is 39.2 Å². The molecule has 0 aliphatic carbocycles. The highest BCUT2D eigenvalue weighted by molar-refractivity contribution is 7.14. The summed E-state index contributed by atoms with van der Waals surface area (Å²) >= 11 is 7.15. The summed E-state index contributed by atoms with van der Waals surface area (Å²) in [6.07, 6.45) is 0. The Morgan fingerprint density at radius 2 is 2.00 bits per heavy atom. The third-order valence-corrected chi connectivity index (χ3v) is 3.43. The lowest BCUT2D eigenvalue weighted by Gasteiger charge is -2.00. The second kappa shape index (κ2) is 4.85. The van der Waals surface area contributed by atoms with Crippen LogP contribution in [0.3, 0.4) is 0 Å². The molecule has 1 aromatic carbocycles. The molecular formula is C12H10ClNO2S. The van der Waals surface area contributed by atoms with Gasteiger partial charge >= 0.3 is 5.97 Å². The molecule has 2 rings (SSSR count). The molecule has 3 nitrogen and oxygen atoms in total. The van der Waals surface area contributed by atoms with Gasteiger partial charge in [-0.1, -0.05) is 23.7 Å². The SMILES string of the molecule is COC(=O)c1sc(C)nc1-c1ccc(Cl)cc1. The normalized spacial score (nSPS) is 10.3. The summed E-state index contributed by atoms with van der Waals surface area (Å²) in [5.41, 5.74) is 1.51. The molecule has 0 radical (unpaired) electrons. The number of carbonyl (C=O) groups excluding carboxylic acids is 1. The van der Waals surface area contributed by atoms with Crippen LogP contribution in [0.25, 0.3) is 11.3 Å². The fraction of sp³-hybridized carbons (Fsp3) is 0.167.